The first-order valence-corrected chi connectivity index (χ1v) is 3.65. The Morgan fingerprint density at radius 3 is 3.00 bits per heavy atom. The lowest BCUT2D eigenvalue weighted by Gasteiger charge is -2.22. The zero-order chi connectivity index (χ0) is 7.19. The van der Waals surface area contributed by atoms with Crippen molar-refractivity contribution in [3.63, 3.8) is 0 Å². The maximum absolute atomic E-state index is 9.45. The van der Waals surface area contributed by atoms with Gasteiger partial charge in [0, 0.05) is 5.41 Å². The summed E-state index contributed by atoms with van der Waals surface area (Å²) in [5.41, 5.74) is -0.125. The lowest BCUT2D eigenvalue weighted by atomic mass is 9.84. The average Bonchev–Trinajstić information content (AvgIpc) is 2.36. The van der Waals surface area contributed by atoms with Crippen LogP contribution >= 0.6 is 0 Å². The van der Waals surface area contributed by atoms with Gasteiger partial charge in [0.05, 0.1) is 19.3 Å². The molecule has 2 heterocycles. The number of hydrogen-bond donors (Lipinski definition) is 1. The molecule has 2 saturated heterocycles. The van der Waals surface area contributed by atoms with Gasteiger partial charge < -0.3 is 14.6 Å². The van der Waals surface area contributed by atoms with E-state index in [1.165, 1.54) is 0 Å². The van der Waals surface area contributed by atoms with Crippen LogP contribution in [-0.4, -0.2) is 30.7 Å². The van der Waals surface area contributed by atoms with Gasteiger partial charge in [-0.25, -0.2) is 0 Å². The molecule has 0 aromatic heterocycles. The minimum absolute atomic E-state index is 0.125. The normalized spacial score (nSPS) is 53.4. The third-order valence-corrected chi connectivity index (χ3v) is 2.62. The number of ether oxygens (including phenoxy) is 2. The summed E-state index contributed by atoms with van der Waals surface area (Å²) in [5, 5.41) is 9.45. The van der Waals surface area contributed by atoms with E-state index in [-0.39, 0.29) is 17.8 Å². The van der Waals surface area contributed by atoms with Crippen LogP contribution in [0.1, 0.15) is 13.3 Å². The van der Waals surface area contributed by atoms with E-state index in [0.29, 0.717) is 6.61 Å². The van der Waals surface area contributed by atoms with E-state index in [9.17, 15) is 5.11 Å². The fourth-order valence-corrected chi connectivity index (χ4v) is 1.63. The van der Waals surface area contributed by atoms with Gasteiger partial charge >= 0.3 is 0 Å². The van der Waals surface area contributed by atoms with Crippen LogP contribution in [0.2, 0.25) is 0 Å². The largest absolute Gasteiger partial charge is 0.390 e. The molecule has 3 atom stereocenters. The van der Waals surface area contributed by atoms with Crippen molar-refractivity contribution in [1.82, 2.24) is 0 Å². The molecule has 58 valence electrons. The molecular formula is C7H12O3. The zero-order valence-electron chi connectivity index (χ0n) is 6.04. The van der Waals surface area contributed by atoms with Crippen LogP contribution in [0, 0.1) is 5.41 Å². The van der Waals surface area contributed by atoms with Gasteiger partial charge in [0.15, 0.2) is 6.29 Å². The van der Waals surface area contributed by atoms with Gasteiger partial charge in [-0.2, -0.15) is 0 Å². The molecule has 2 aliphatic heterocycles. The Kier molecular flexibility index (Phi) is 1.27. The standard InChI is InChI=1S/C7H12O3/c1-7-2-3-9-6(7)10-4-5(7)8/h5-6,8H,2-4H2,1H3. The minimum atomic E-state index is -0.333. The summed E-state index contributed by atoms with van der Waals surface area (Å²) in [6.07, 6.45) is 0.432. The molecule has 3 unspecified atom stereocenters. The Balaban J connectivity index is 2.21. The van der Waals surface area contributed by atoms with E-state index in [0.717, 1.165) is 13.0 Å². The second-order valence-corrected chi connectivity index (χ2v) is 3.31. The number of aliphatic hydroxyl groups is 1. The average molecular weight is 144 g/mol. The quantitative estimate of drug-likeness (QED) is 0.525. The molecule has 0 spiro atoms. The highest BCUT2D eigenvalue weighted by Crippen LogP contribution is 2.42. The van der Waals surface area contributed by atoms with Crippen LogP contribution in [0.4, 0.5) is 0 Å². The van der Waals surface area contributed by atoms with E-state index < -0.39 is 0 Å². The molecule has 3 nitrogen and oxygen atoms in total. The molecule has 1 N–H and O–H groups in total. The second-order valence-electron chi connectivity index (χ2n) is 3.31. The summed E-state index contributed by atoms with van der Waals surface area (Å²) < 4.78 is 10.5. The monoisotopic (exact) mass is 144 g/mol. The third-order valence-electron chi connectivity index (χ3n) is 2.62. The molecule has 0 amide bonds. The maximum atomic E-state index is 9.45. The first kappa shape index (κ1) is 6.58. The Bertz CT molecular complexity index is 148. The number of rotatable bonds is 0. The maximum Gasteiger partial charge on any atom is 0.165 e. The molecule has 0 radical (unpaired) electrons. The Morgan fingerprint density at radius 1 is 1.50 bits per heavy atom. The SMILES string of the molecule is CC12CCOC1OCC2O. The van der Waals surface area contributed by atoms with Gasteiger partial charge in [0.2, 0.25) is 0 Å². The van der Waals surface area contributed by atoms with Crippen LogP contribution in [0.3, 0.4) is 0 Å². The molecule has 2 aliphatic rings. The number of aliphatic hydroxyl groups excluding tert-OH is 1. The molecule has 0 aromatic rings. The zero-order valence-corrected chi connectivity index (χ0v) is 6.04. The smallest absolute Gasteiger partial charge is 0.165 e. The van der Waals surface area contributed by atoms with E-state index in [4.69, 9.17) is 9.47 Å². The summed E-state index contributed by atoms with van der Waals surface area (Å²) in [4.78, 5) is 0. The second kappa shape index (κ2) is 1.94. The van der Waals surface area contributed by atoms with Crippen molar-refractivity contribution in [3.05, 3.63) is 0 Å². The van der Waals surface area contributed by atoms with Gasteiger partial charge in [0.1, 0.15) is 0 Å². The van der Waals surface area contributed by atoms with E-state index >= 15 is 0 Å². The summed E-state index contributed by atoms with van der Waals surface area (Å²) in [6.45, 7) is 3.17. The van der Waals surface area contributed by atoms with E-state index in [1.807, 2.05) is 6.92 Å². The van der Waals surface area contributed by atoms with Crippen molar-refractivity contribution in [1.29, 1.82) is 0 Å². The van der Waals surface area contributed by atoms with Gasteiger partial charge in [-0.05, 0) is 6.42 Å². The summed E-state index contributed by atoms with van der Waals surface area (Å²) in [7, 11) is 0. The van der Waals surface area contributed by atoms with Crippen molar-refractivity contribution < 1.29 is 14.6 Å². The van der Waals surface area contributed by atoms with Crippen LogP contribution < -0.4 is 0 Å². The number of fused-ring (bicyclic) bond motifs is 1. The van der Waals surface area contributed by atoms with Gasteiger partial charge in [-0.1, -0.05) is 6.92 Å². The van der Waals surface area contributed by atoms with E-state index in [1.54, 1.807) is 0 Å². The van der Waals surface area contributed by atoms with E-state index in [2.05, 4.69) is 0 Å². The first-order chi connectivity index (χ1) is 4.73. The summed E-state index contributed by atoms with van der Waals surface area (Å²) >= 11 is 0. The van der Waals surface area contributed by atoms with Crippen molar-refractivity contribution in [2.75, 3.05) is 13.2 Å². The lowest BCUT2D eigenvalue weighted by molar-refractivity contribution is -0.108. The van der Waals surface area contributed by atoms with Gasteiger partial charge in [0.25, 0.3) is 0 Å². The predicted octanol–water partition coefficient (Wildman–Crippen LogP) is 0.130. The molecule has 3 heteroatoms. The van der Waals surface area contributed by atoms with Gasteiger partial charge in [-0.15, -0.1) is 0 Å². The van der Waals surface area contributed by atoms with Crippen LogP contribution in [0.25, 0.3) is 0 Å². The lowest BCUT2D eigenvalue weighted by Crippen LogP contribution is -2.32. The minimum Gasteiger partial charge on any atom is -0.390 e. The fraction of sp³-hybridized carbons (Fsp3) is 1.00. The van der Waals surface area contributed by atoms with Crippen molar-refractivity contribution in [2.24, 2.45) is 5.41 Å². The third kappa shape index (κ3) is 0.654. The van der Waals surface area contributed by atoms with Crippen LogP contribution in [0.15, 0.2) is 0 Å². The van der Waals surface area contributed by atoms with Crippen LogP contribution in [-0.2, 0) is 9.47 Å². The molecule has 0 bridgehead atoms. The Morgan fingerprint density at radius 2 is 2.30 bits per heavy atom. The highest BCUT2D eigenvalue weighted by atomic mass is 16.7. The first-order valence-electron chi connectivity index (χ1n) is 3.65. The molecule has 0 saturated carbocycles. The topological polar surface area (TPSA) is 38.7 Å². The van der Waals surface area contributed by atoms with Crippen LogP contribution in [0.5, 0.6) is 0 Å². The molecular weight excluding hydrogens is 132 g/mol. The predicted molar refractivity (Wildman–Crippen MR) is 34.4 cm³/mol. The Labute approximate surface area is 59.9 Å². The Hall–Kier alpha value is -0.120. The van der Waals surface area contributed by atoms with Crippen molar-refractivity contribution in [2.45, 2.75) is 25.7 Å². The highest BCUT2D eigenvalue weighted by molar-refractivity contribution is 4.93. The summed E-state index contributed by atoms with van der Waals surface area (Å²) in [5.74, 6) is 0. The molecule has 0 aromatic carbocycles. The van der Waals surface area contributed by atoms with Gasteiger partial charge in [-0.3, -0.25) is 0 Å². The van der Waals surface area contributed by atoms with Crippen molar-refractivity contribution >= 4 is 0 Å². The molecule has 10 heavy (non-hydrogen) atoms. The molecule has 2 rings (SSSR count). The molecule has 0 aliphatic carbocycles. The van der Waals surface area contributed by atoms with Crippen molar-refractivity contribution in [3.8, 4) is 0 Å². The molecule has 2 fully saturated rings. The highest BCUT2D eigenvalue weighted by Gasteiger charge is 2.51. The number of hydrogen-bond acceptors (Lipinski definition) is 3. The fourth-order valence-electron chi connectivity index (χ4n) is 1.63. The summed E-state index contributed by atoms with van der Waals surface area (Å²) in [6, 6.07) is 0.